The van der Waals surface area contributed by atoms with E-state index in [0.717, 1.165) is 6.92 Å². The van der Waals surface area contributed by atoms with Gasteiger partial charge in [0.15, 0.2) is 0 Å². The van der Waals surface area contributed by atoms with Crippen LogP contribution in [-0.2, 0) is 6.42 Å². The highest BCUT2D eigenvalue weighted by Gasteiger charge is 2.30. The molecule has 1 aromatic carbocycles. The Labute approximate surface area is 80.7 Å². The maximum atomic E-state index is 12.7. The molecule has 0 aliphatic rings. The van der Waals surface area contributed by atoms with Crippen LogP contribution in [0.15, 0.2) is 24.3 Å². The molecule has 0 heterocycles. The first-order chi connectivity index (χ1) is 6.39. The molecule has 1 nitrogen and oxygen atoms in total. The van der Waals surface area contributed by atoms with E-state index in [-0.39, 0.29) is 12.2 Å². The molecule has 0 spiro atoms. The van der Waals surface area contributed by atoms with Crippen molar-refractivity contribution in [1.29, 1.82) is 0 Å². The minimum Gasteiger partial charge on any atom is -0.322 e. The summed E-state index contributed by atoms with van der Waals surface area (Å²) >= 11 is 0. The smallest absolute Gasteiger partial charge is 0.260 e. The van der Waals surface area contributed by atoms with Gasteiger partial charge in [0.2, 0.25) is 0 Å². The predicted octanol–water partition coefficient (Wildman–Crippen LogP) is 2.35. The van der Waals surface area contributed by atoms with Gasteiger partial charge in [-0.15, -0.1) is 0 Å². The third-order valence-corrected chi connectivity index (χ3v) is 2.02. The molecule has 0 saturated heterocycles. The Hall–Kier alpha value is -1.03. The summed E-state index contributed by atoms with van der Waals surface area (Å²) in [5.74, 6) is -3.29. The van der Waals surface area contributed by atoms with E-state index in [9.17, 15) is 13.2 Å². The first-order valence-electron chi connectivity index (χ1n) is 4.27. The van der Waals surface area contributed by atoms with Crippen LogP contribution in [0.3, 0.4) is 0 Å². The average Bonchev–Trinajstić information content (AvgIpc) is 2.07. The minimum atomic E-state index is -2.91. The maximum Gasteiger partial charge on any atom is 0.260 e. The Morgan fingerprint density at radius 3 is 2.21 bits per heavy atom. The lowest BCUT2D eigenvalue weighted by Gasteiger charge is -2.18. The normalized spacial score (nSPS) is 14.1. The highest BCUT2D eigenvalue weighted by molar-refractivity contribution is 5.17. The van der Waals surface area contributed by atoms with Crippen LogP contribution in [0.4, 0.5) is 13.2 Å². The molecular formula is C10H12F3N. The highest BCUT2D eigenvalue weighted by atomic mass is 19.3. The molecule has 1 unspecified atom stereocenters. The van der Waals surface area contributed by atoms with Gasteiger partial charge in [-0.05, 0) is 24.1 Å². The largest absolute Gasteiger partial charge is 0.322 e. The summed E-state index contributed by atoms with van der Waals surface area (Å²) in [6.45, 7) is 0.779. The number of nitrogens with two attached hydrogens (primary N) is 1. The molecule has 78 valence electrons. The fourth-order valence-corrected chi connectivity index (χ4v) is 1.05. The molecule has 0 aliphatic carbocycles. The van der Waals surface area contributed by atoms with Gasteiger partial charge >= 0.3 is 0 Å². The third-order valence-electron chi connectivity index (χ3n) is 2.02. The highest BCUT2D eigenvalue weighted by Crippen LogP contribution is 2.19. The molecule has 0 aliphatic heterocycles. The van der Waals surface area contributed by atoms with Crippen molar-refractivity contribution in [2.24, 2.45) is 5.73 Å². The van der Waals surface area contributed by atoms with E-state index in [2.05, 4.69) is 0 Å². The Kier molecular flexibility index (Phi) is 3.16. The maximum absolute atomic E-state index is 12.7. The van der Waals surface area contributed by atoms with Crippen molar-refractivity contribution in [2.45, 2.75) is 25.3 Å². The Balaban J connectivity index is 2.65. The zero-order chi connectivity index (χ0) is 10.8. The van der Waals surface area contributed by atoms with Crippen LogP contribution < -0.4 is 5.73 Å². The van der Waals surface area contributed by atoms with Gasteiger partial charge in [-0.2, -0.15) is 0 Å². The van der Waals surface area contributed by atoms with Crippen molar-refractivity contribution in [1.82, 2.24) is 0 Å². The zero-order valence-corrected chi connectivity index (χ0v) is 7.81. The van der Waals surface area contributed by atoms with Crippen LogP contribution in [0.25, 0.3) is 0 Å². The lowest BCUT2D eigenvalue weighted by Crippen LogP contribution is -2.40. The second-order valence-corrected chi connectivity index (χ2v) is 3.39. The second-order valence-electron chi connectivity index (χ2n) is 3.39. The molecule has 0 bridgehead atoms. The van der Waals surface area contributed by atoms with E-state index >= 15 is 0 Å². The van der Waals surface area contributed by atoms with Crippen molar-refractivity contribution < 1.29 is 13.2 Å². The number of halogens is 3. The van der Waals surface area contributed by atoms with Crippen LogP contribution in [0.5, 0.6) is 0 Å². The quantitative estimate of drug-likeness (QED) is 0.801. The summed E-state index contributed by atoms with van der Waals surface area (Å²) in [5, 5.41) is 0. The average molecular weight is 203 g/mol. The van der Waals surface area contributed by atoms with Gasteiger partial charge < -0.3 is 5.73 Å². The zero-order valence-electron chi connectivity index (χ0n) is 7.81. The van der Waals surface area contributed by atoms with Gasteiger partial charge in [0.05, 0.1) is 6.04 Å². The van der Waals surface area contributed by atoms with Crippen LogP contribution in [0.2, 0.25) is 0 Å². The predicted molar refractivity (Wildman–Crippen MR) is 48.7 cm³/mol. The Morgan fingerprint density at radius 1 is 1.29 bits per heavy atom. The van der Waals surface area contributed by atoms with Crippen molar-refractivity contribution in [3.8, 4) is 0 Å². The number of benzene rings is 1. The Morgan fingerprint density at radius 2 is 1.79 bits per heavy atom. The third kappa shape index (κ3) is 3.03. The van der Waals surface area contributed by atoms with Gasteiger partial charge in [0, 0.05) is 6.92 Å². The first kappa shape index (κ1) is 11.0. The van der Waals surface area contributed by atoms with Crippen LogP contribution in [0.1, 0.15) is 12.5 Å². The van der Waals surface area contributed by atoms with E-state index in [0.29, 0.717) is 5.56 Å². The van der Waals surface area contributed by atoms with Crippen molar-refractivity contribution in [3.63, 3.8) is 0 Å². The van der Waals surface area contributed by atoms with Gasteiger partial charge in [-0.3, -0.25) is 0 Å². The molecule has 0 aromatic heterocycles. The van der Waals surface area contributed by atoms with Crippen molar-refractivity contribution in [3.05, 3.63) is 35.6 Å². The summed E-state index contributed by atoms with van der Waals surface area (Å²) in [4.78, 5) is 0. The second kappa shape index (κ2) is 4.00. The molecule has 0 amide bonds. The number of alkyl halides is 2. The van der Waals surface area contributed by atoms with Crippen LogP contribution in [-0.4, -0.2) is 12.0 Å². The van der Waals surface area contributed by atoms with Crippen LogP contribution in [0, 0.1) is 5.82 Å². The molecule has 14 heavy (non-hydrogen) atoms. The molecule has 2 N–H and O–H groups in total. The standard InChI is InChI=1S/C10H12F3N/c1-10(12,13)9(14)6-7-2-4-8(11)5-3-7/h2-5,9H,6,14H2,1H3. The number of rotatable bonds is 3. The summed E-state index contributed by atoms with van der Waals surface area (Å²) in [7, 11) is 0. The Bertz CT molecular complexity index is 289. The van der Waals surface area contributed by atoms with E-state index in [1.54, 1.807) is 0 Å². The molecule has 0 fully saturated rings. The summed E-state index contributed by atoms with van der Waals surface area (Å²) < 4.78 is 37.8. The molecule has 1 rings (SSSR count). The first-order valence-corrected chi connectivity index (χ1v) is 4.27. The monoisotopic (exact) mass is 203 g/mol. The van der Waals surface area contributed by atoms with Gasteiger partial charge in [0.1, 0.15) is 5.82 Å². The van der Waals surface area contributed by atoms with E-state index in [1.165, 1.54) is 24.3 Å². The molecule has 0 radical (unpaired) electrons. The summed E-state index contributed by atoms with van der Waals surface area (Å²) in [5.41, 5.74) is 5.89. The summed E-state index contributed by atoms with van der Waals surface area (Å²) in [6.07, 6.45) is 0.0454. The lowest BCUT2D eigenvalue weighted by atomic mass is 10.0. The topological polar surface area (TPSA) is 26.0 Å². The molecule has 0 saturated carbocycles. The van der Waals surface area contributed by atoms with E-state index in [4.69, 9.17) is 5.73 Å². The summed E-state index contributed by atoms with van der Waals surface area (Å²) in [6, 6.07) is 4.15. The molecule has 4 heteroatoms. The van der Waals surface area contributed by atoms with Gasteiger partial charge in [-0.25, -0.2) is 13.2 Å². The van der Waals surface area contributed by atoms with Gasteiger partial charge in [-0.1, -0.05) is 12.1 Å². The van der Waals surface area contributed by atoms with E-state index in [1.807, 2.05) is 0 Å². The van der Waals surface area contributed by atoms with Crippen LogP contribution >= 0.6 is 0 Å². The SMILES string of the molecule is CC(F)(F)C(N)Cc1ccc(F)cc1. The van der Waals surface area contributed by atoms with Crippen molar-refractivity contribution >= 4 is 0 Å². The number of hydrogen-bond donors (Lipinski definition) is 1. The van der Waals surface area contributed by atoms with Gasteiger partial charge in [0.25, 0.3) is 5.92 Å². The minimum absolute atomic E-state index is 0.0454. The lowest BCUT2D eigenvalue weighted by molar-refractivity contribution is -0.00513. The fraction of sp³-hybridized carbons (Fsp3) is 0.400. The van der Waals surface area contributed by atoms with E-state index < -0.39 is 12.0 Å². The molecular weight excluding hydrogens is 191 g/mol. The number of hydrogen-bond acceptors (Lipinski definition) is 1. The fourth-order valence-electron chi connectivity index (χ4n) is 1.05. The molecule has 1 aromatic rings. The van der Waals surface area contributed by atoms with Crippen molar-refractivity contribution in [2.75, 3.05) is 0 Å². The molecule has 1 atom stereocenters.